The van der Waals surface area contributed by atoms with Crippen LogP contribution in [0.1, 0.15) is 30.7 Å². The van der Waals surface area contributed by atoms with Gasteiger partial charge in [0.1, 0.15) is 11.9 Å². The van der Waals surface area contributed by atoms with Gasteiger partial charge in [-0.2, -0.15) is 0 Å². The first-order valence-corrected chi connectivity index (χ1v) is 6.74. The SMILES string of the molecule is CCC(N)C(OCc1ccccc1F)c1ccccn1. The topological polar surface area (TPSA) is 48.1 Å². The number of benzene rings is 1. The highest BCUT2D eigenvalue weighted by Gasteiger charge is 2.20. The Kier molecular flexibility index (Phi) is 5.21. The summed E-state index contributed by atoms with van der Waals surface area (Å²) in [4.78, 5) is 4.28. The standard InChI is InChI=1S/C16H19FN2O/c1-2-14(18)16(15-9-5-6-10-19-15)20-11-12-7-3-4-8-13(12)17/h3-10,14,16H,2,11,18H2,1H3. The van der Waals surface area contributed by atoms with Crippen molar-refractivity contribution in [2.75, 3.05) is 0 Å². The van der Waals surface area contributed by atoms with Crippen molar-refractivity contribution in [3.8, 4) is 0 Å². The fraction of sp³-hybridized carbons (Fsp3) is 0.312. The van der Waals surface area contributed by atoms with Gasteiger partial charge in [0, 0.05) is 17.8 Å². The zero-order valence-electron chi connectivity index (χ0n) is 11.5. The van der Waals surface area contributed by atoms with Crippen LogP contribution in [-0.2, 0) is 11.3 Å². The van der Waals surface area contributed by atoms with Crippen molar-refractivity contribution < 1.29 is 9.13 Å². The minimum Gasteiger partial charge on any atom is -0.366 e. The molecule has 2 N–H and O–H groups in total. The number of pyridine rings is 1. The molecule has 0 saturated heterocycles. The van der Waals surface area contributed by atoms with Crippen molar-refractivity contribution in [2.24, 2.45) is 5.73 Å². The fourth-order valence-electron chi connectivity index (χ4n) is 1.98. The van der Waals surface area contributed by atoms with Gasteiger partial charge in [0.2, 0.25) is 0 Å². The monoisotopic (exact) mass is 274 g/mol. The van der Waals surface area contributed by atoms with Gasteiger partial charge in [-0.1, -0.05) is 31.2 Å². The first-order chi connectivity index (χ1) is 9.72. The van der Waals surface area contributed by atoms with Gasteiger partial charge in [0.25, 0.3) is 0 Å². The highest BCUT2D eigenvalue weighted by Crippen LogP contribution is 2.22. The second-order valence-corrected chi connectivity index (χ2v) is 4.65. The van der Waals surface area contributed by atoms with E-state index in [-0.39, 0.29) is 24.6 Å². The molecule has 0 aliphatic rings. The van der Waals surface area contributed by atoms with Crippen LogP contribution >= 0.6 is 0 Å². The van der Waals surface area contributed by atoms with Gasteiger partial charge >= 0.3 is 0 Å². The average Bonchev–Trinajstić information content (AvgIpc) is 2.50. The highest BCUT2D eigenvalue weighted by molar-refractivity contribution is 5.16. The second kappa shape index (κ2) is 7.12. The van der Waals surface area contributed by atoms with E-state index in [4.69, 9.17) is 10.5 Å². The van der Waals surface area contributed by atoms with Crippen LogP contribution in [0.15, 0.2) is 48.7 Å². The molecule has 3 nitrogen and oxygen atoms in total. The summed E-state index contributed by atoms with van der Waals surface area (Å²) in [6.07, 6.45) is 2.14. The number of rotatable bonds is 6. The summed E-state index contributed by atoms with van der Waals surface area (Å²) in [5.41, 5.74) is 7.39. The van der Waals surface area contributed by atoms with Gasteiger partial charge in [0.05, 0.1) is 12.3 Å². The van der Waals surface area contributed by atoms with Gasteiger partial charge in [-0.3, -0.25) is 4.98 Å². The van der Waals surface area contributed by atoms with E-state index in [1.54, 1.807) is 24.4 Å². The summed E-state index contributed by atoms with van der Waals surface area (Å²) in [6, 6.07) is 12.0. The lowest BCUT2D eigenvalue weighted by atomic mass is 10.1. The highest BCUT2D eigenvalue weighted by atomic mass is 19.1. The second-order valence-electron chi connectivity index (χ2n) is 4.65. The molecule has 2 unspecified atom stereocenters. The Morgan fingerprint density at radius 2 is 1.95 bits per heavy atom. The number of nitrogens with two attached hydrogens (primary N) is 1. The van der Waals surface area contributed by atoms with E-state index in [2.05, 4.69) is 4.98 Å². The van der Waals surface area contributed by atoms with E-state index in [1.165, 1.54) is 6.07 Å². The Morgan fingerprint density at radius 1 is 1.20 bits per heavy atom. The molecule has 0 saturated carbocycles. The number of hydrogen-bond donors (Lipinski definition) is 1. The molecule has 106 valence electrons. The molecule has 1 heterocycles. The molecular weight excluding hydrogens is 255 g/mol. The van der Waals surface area contributed by atoms with Crippen LogP contribution in [0.4, 0.5) is 4.39 Å². The van der Waals surface area contributed by atoms with Crippen LogP contribution < -0.4 is 5.73 Å². The number of nitrogens with zero attached hydrogens (tertiary/aromatic N) is 1. The molecule has 0 spiro atoms. The number of aromatic nitrogens is 1. The molecule has 0 bridgehead atoms. The molecule has 0 radical (unpaired) electrons. The van der Waals surface area contributed by atoms with E-state index in [9.17, 15) is 4.39 Å². The maximum absolute atomic E-state index is 13.6. The Labute approximate surface area is 118 Å². The molecule has 1 aromatic carbocycles. The number of halogens is 1. The van der Waals surface area contributed by atoms with Crippen LogP contribution in [0.25, 0.3) is 0 Å². The molecule has 4 heteroatoms. The smallest absolute Gasteiger partial charge is 0.128 e. The molecule has 1 aromatic heterocycles. The van der Waals surface area contributed by atoms with Gasteiger partial charge in [-0.05, 0) is 24.6 Å². The van der Waals surface area contributed by atoms with Crippen molar-refractivity contribution in [1.29, 1.82) is 0 Å². The van der Waals surface area contributed by atoms with E-state index >= 15 is 0 Å². The van der Waals surface area contributed by atoms with Gasteiger partial charge in [-0.15, -0.1) is 0 Å². The molecule has 2 rings (SSSR count). The average molecular weight is 274 g/mol. The lowest BCUT2D eigenvalue weighted by Gasteiger charge is -2.23. The quantitative estimate of drug-likeness (QED) is 0.880. The van der Waals surface area contributed by atoms with Crippen LogP contribution in [0.2, 0.25) is 0 Å². The molecule has 0 aliphatic heterocycles. The fourth-order valence-corrected chi connectivity index (χ4v) is 1.98. The first-order valence-electron chi connectivity index (χ1n) is 6.74. The Hall–Kier alpha value is -1.78. The van der Waals surface area contributed by atoms with Crippen molar-refractivity contribution in [3.05, 3.63) is 65.7 Å². The third-order valence-corrected chi connectivity index (χ3v) is 3.22. The molecule has 20 heavy (non-hydrogen) atoms. The van der Waals surface area contributed by atoms with Crippen molar-refractivity contribution >= 4 is 0 Å². The minimum atomic E-state index is -0.333. The zero-order chi connectivity index (χ0) is 14.4. The molecule has 0 amide bonds. The normalized spacial score (nSPS) is 13.9. The molecule has 2 atom stereocenters. The van der Waals surface area contributed by atoms with E-state index in [0.29, 0.717) is 5.56 Å². The van der Waals surface area contributed by atoms with Gasteiger partial charge in [-0.25, -0.2) is 4.39 Å². The van der Waals surface area contributed by atoms with Crippen molar-refractivity contribution in [3.63, 3.8) is 0 Å². The van der Waals surface area contributed by atoms with Crippen LogP contribution in [-0.4, -0.2) is 11.0 Å². The van der Waals surface area contributed by atoms with Crippen molar-refractivity contribution in [2.45, 2.75) is 32.1 Å². The van der Waals surface area contributed by atoms with Crippen LogP contribution in [0.5, 0.6) is 0 Å². The maximum atomic E-state index is 13.6. The van der Waals surface area contributed by atoms with Crippen LogP contribution in [0.3, 0.4) is 0 Å². The summed E-state index contributed by atoms with van der Waals surface area (Å²) in [6.45, 7) is 2.18. The van der Waals surface area contributed by atoms with E-state index < -0.39 is 0 Å². The van der Waals surface area contributed by atoms with Crippen molar-refractivity contribution in [1.82, 2.24) is 4.98 Å². The number of ether oxygens (including phenoxy) is 1. The predicted octanol–water partition coefficient (Wildman–Crippen LogP) is 3.22. The zero-order valence-corrected chi connectivity index (χ0v) is 11.5. The van der Waals surface area contributed by atoms with E-state index in [0.717, 1.165) is 12.1 Å². The maximum Gasteiger partial charge on any atom is 0.128 e. The summed E-state index contributed by atoms with van der Waals surface area (Å²) in [5, 5.41) is 0. The largest absolute Gasteiger partial charge is 0.366 e. The van der Waals surface area contributed by atoms with Gasteiger partial charge in [0.15, 0.2) is 0 Å². The third kappa shape index (κ3) is 3.62. The molecular formula is C16H19FN2O. The van der Waals surface area contributed by atoms with E-state index in [1.807, 2.05) is 25.1 Å². The minimum absolute atomic E-state index is 0.170. The molecule has 0 fully saturated rings. The summed E-state index contributed by atoms with van der Waals surface area (Å²) in [5.74, 6) is -0.266. The molecule has 0 aliphatic carbocycles. The van der Waals surface area contributed by atoms with Gasteiger partial charge < -0.3 is 10.5 Å². The first kappa shape index (κ1) is 14.6. The Bertz CT molecular complexity index is 533. The Morgan fingerprint density at radius 3 is 2.60 bits per heavy atom. The van der Waals surface area contributed by atoms with Crippen LogP contribution in [0, 0.1) is 5.82 Å². The lowest BCUT2D eigenvalue weighted by molar-refractivity contribution is 0.0171. The summed E-state index contributed by atoms with van der Waals surface area (Å²) >= 11 is 0. The predicted molar refractivity (Wildman–Crippen MR) is 76.4 cm³/mol. The lowest BCUT2D eigenvalue weighted by Crippen LogP contribution is -2.30. The molecule has 2 aromatic rings. The third-order valence-electron chi connectivity index (χ3n) is 3.22. The summed E-state index contributed by atoms with van der Waals surface area (Å²) < 4.78 is 19.4. The Balaban J connectivity index is 2.11. The summed E-state index contributed by atoms with van der Waals surface area (Å²) in [7, 11) is 0. The number of hydrogen-bond acceptors (Lipinski definition) is 3.